The molecule has 0 aromatic carbocycles. The van der Waals surface area contributed by atoms with E-state index in [0.717, 1.165) is 116 Å². The molecule has 0 aliphatic rings. The second kappa shape index (κ2) is 47.0. The van der Waals surface area contributed by atoms with Crippen LogP contribution in [0, 0.1) is 0 Å². The molecule has 1 atom stereocenters. The molecule has 0 saturated heterocycles. The molecule has 0 radical (unpaired) electrons. The summed E-state index contributed by atoms with van der Waals surface area (Å²) in [7, 11) is 0. The zero-order chi connectivity index (χ0) is 43.0. The van der Waals surface area contributed by atoms with E-state index in [1.807, 2.05) is 0 Å². The van der Waals surface area contributed by atoms with E-state index < -0.39 is 6.10 Å². The summed E-state index contributed by atoms with van der Waals surface area (Å²) >= 11 is 0. The lowest BCUT2D eigenvalue weighted by Gasteiger charge is -2.18. The SMILES string of the molecule is CC/C=C\C/C=C\C/C=C\C/C=C\C/C=C\C/C=C\C/C=C\CCCC(=O)OCC(COC(=O)CCCCCCC)OC(=O)CCCCCCC/C=C\CCCCCC. The van der Waals surface area contributed by atoms with E-state index in [0.29, 0.717) is 19.3 Å². The molecule has 0 heterocycles. The van der Waals surface area contributed by atoms with Crippen LogP contribution in [-0.4, -0.2) is 37.2 Å². The van der Waals surface area contributed by atoms with E-state index in [4.69, 9.17) is 14.2 Å². The van der Waals surface area contributed by atoms with Gasteiger partial charge in [0.15, 0.2) is 6.10 Å². The van der Waals surface area contributed by atoms with Crippen LogP contribution in [0.15, 0.2) is 97.2 Å². The molecule has 6 heteroatoms. The molecular weight excluding hydrogens is 733 g/mol. The predicted molar refractivity (Wildman–Crippen MR) is 251 cm³/mol. The highest BCUT2D eigenvalue weighted by Crippen LogP contribution is 2.12. The van der Waals surface area contributed by atoms with E-state index in [2.05, 4.69) is 118 Å². The number of ether oxygens (including phenoxy) is 3. The van der Waals surface area contributed by atoms with Crippen molar-refractivity contribution in [1.82, 2.24) is 0 Å². The summed E-state index contributed by atoms with van der Waals surface area (Å²) in [6.07, 6.45) is 61.4. The first-order valence-electron chi connectivity index (χ1n) is 23.7. The van der Waals surface area contributed by atoms with Crippen LogP contribution < -0.4 is 0 Å². The molecule has 0 spiro atoms. The summed E-state index contributed by atoms with van der Waals surface area (Å²) in [6.45, 7) is 6.34. The summed E-state index contributed by atoms with van der Waals surface area (Å²) in [6, 6.07) is 0. The molecule has 6 nitrogen and oxygen atoms in total. The largest absolute Gasteiger partial charge is 0.462 e. The maximum absolute atomic E-state index is 12.7. The van der Waals surface area contributed by atoms with Gasteiger partial charge in [0, 0.05) is 19.3 Å². The number of esters is 3. The lowest BCUT2D eigenvalue weighted by molar-refractivity contribution is -0.167. The van der Waals surface area contributed by atoms with Gasteiger partial charge in [-0.25, -0.2) is 0 Å². The standard InChI is InChI=1S/C53H86O6/c1-4-7-10-13-15-17-19-21-22-23-24-25-26-27-28-29-30-32-33-35-37-40-43-46-52(55)58-49-50(48-57-51(54)45-42-39-12-9-6-3)59-53(56)47-44-41-38-36-34-31-20-18-16-14-11-8-5-2/h7,10,15,17-18,20-22,24-25,27-28,30,32,35,37,50H,4-6,8-9,11-14,16,19,23,26,29,31,33-34,36,38-49H2,1-3H3/b10-7-,17-15-,20-18-,22-21-,25-24-,28-27-,32-30-,37-35-. The maximum atomic E-state index is 12.7. The highest BCUT2D eigenvalue weighted by molar-refractivity contribution is 5.71. The minimum absolute atomic E-state index is 0.101. The van der Waals surface area contributed by atoms with Crippen LogP contribution in [0.5, 0.6) is 0 Å². The van der Waals surface area contributed by atoms with Crippen molar-refractivity contribution < 1.29 is 28.6 Å². The second-order valence-electron chi connectivity index (χ2n) is 15.3. The highest BCUT2D eigenvalue weighted by Gasteiger charge is 2.19. The van der Waals surface area contributed by atoms with Crippen molar-refractivity contribution in [2.24, 2.45) is 0 Å². The molecule has 0 fully saturated rings. The van der Waals surface area contributed by atoms with Gasteiger partial charge in [0.2, 0.25) is 0 Å². The Kier molecular flexibility index (Phi) is 44.1. The van der Waals surface area contributed by atoms with Crippen LogP contribution in [0.25, 0.3) is 0 Å². The summed E-state index contributed by atoms with van der Waals surface area (Å²) in [5.74, 6) is -0.995. The number of hydrogen-bond acceptors (Lipinski definition) is 6. The van der Waals surface area contributed by atoms with Crippen LogP contribution in [0.4, 0.5) is 0 Å². The van der Waals surface area contributed by atoms with Crippen LogP contribution in [0.1, 0.15) is 201 Å². The number of carbonyl (C=O) groups is 3. The number of carbonyl (C=O) groups excluding carboxylic acids is 3. The number of hydrogen-bond donors (Lipinski definition) is 0. The number of allylic oxidation sites excluding steroid dienone is 16. The van der Waals surface area contributed by atoms with Crippen molar-refractivity contribution in [2.75, 3.05) is 13.2 Å². The van der Waals surface area contributed by atoms with E-state index in [9.17, 15) is 14.4 Å². The normalized spacial score (nSPS) is 12.9. The van der Waals surface area contributed by atoms with Gasteiger partial charge in [-0.2, -0.15) is 0 Å². The smallest absolute Gasteiger partial charge is 0.306 e. The van der Waals surface area contributed by atoms with Gasteiger partial charge >= 0.3 is 17.9 Å². The first-order valence-corrected chi connectivity index (χ1v) is 23.7. The molecule has 0 rings (SSSR count). The van der Waals surface area contributed by atoms with Crippen LogP contribution >= 0.6 is 0 Å². The fourth-order valence-corrected chi connectivity index (χ4v) is 6.01. The van der Waals surface area contributed by atoms with Gasteiger partial charge in [-0.15, -0.1) is 0 Å². The first kappa shape index (κ1) is 55.3. The quantitative estimate of drug-likeness (QED) is 0.0265. The molecule has 0 aromatic heterocycles. The van der Waals surface area contributed by atoms with Crippen molar-refractivity contribution in [3.8, 4) is 0 Å². The summed E-state index contributed by atoms with van der Waals surface area (Å²) < 4.78 is 16.5. The number of rotatable bonds is 41. The Labute approximate surface area is 362 Å². The Bertz CT molecular complexity index is 1220. The van der Waals surface area contributed by atoms with Gasteiger partial charge in [-0.3, -0.25) is 14.4 Å². The molecule has 59 heavy (non-hydrogen) atoms. The van der Waals surface area contributed by atoms with Crippen molar-refractivity contribution >= 4 is 17.9 Å². The average Bonchev–Trinajstić information content (AvgIpc) is 3.23. The Morgan fingerprint density at radius 2 is 0.678 bits per heavy atom. The first-order chi connectivity index (χ1) is 29.0. The van der Waals surface area contributed by atoms with E-state index in [-0.39, 0.29) is 37.5 Å². The Hall–Kier alpha value is -3.67. The molecule has 0 aliphatic heterocycles. The van der Waals surface area contributed by atoms with Crippen LogP contribution in [-0.2, 0) is 28.6 Å². The molecule has 1 unspecified atom stereocenters. The van der Waals surface area contributed by atoms with Gasteiger partial charge in [0.05, 0.1) is 0 Å². The molecular formula is C53H86O6. The topological polar surface area (TPSA) is 78.9 Å². The lowest BCUT2D eigenvalue weighted by Crippen LogP contribution is -2.30. The molecule has 0 bridgehead atoms. The Balaban J connectivity index is 4.32. The van der Waals surface area contributed by atoms with Gasteiger partial charge in [0.1, 0.15) is 13.2 Å². The third-order valence-corrected chi connectivity index (χ3v) is 9.57. The third-order valence-electron chi connectivity index (χ3n) is 9.57. The monoisotopic (exact) mass is 819 g/mol. The fourth-order valence-electron chi connectivity index (χ4n) is 6.01. The van der Waals surface area contributed by atoms with Crippen molar-refractivity contribution in [3.63, 3.8) is 0 Å². The number of unbranched alkanes of at least 4 members (excludes halogenated alkanes) is 14. The minimum Gasteiger partial charge on any atom is -0.462 e. The van der Waals surface area contributed by atoms with E-state index >= 15 is 0 Å². The average molecular weight is 819 g/mol. The zero-order valence-electron chi connectivity index (χ0n) is 38.0. The lowest BCUT2D eigenvalue weighted by atomic mass is 10.1. The Morgan fingerprint density at radius 1 is 0.356 bits per heavy atom. The fraction of sp³-hybridized carbons (Fsp3) is 0.642. The Morgan fingerprint density at radius 3 is 1.14 bits per heavy atom. The van der Waals surface area contributed by atoms with Gasteiger partial charge < -0.3 is 14.2 Å². The molecule has 0 saturated carbocycles. The second-order valence-corrected chi connectivity index (χ2v) is 15.3. The third kappa shape index (κ3) is 45.3. The van der Waals surface area contributed by atoms with Gasteiger partial charge in [0.25, 0.3) is 0 Å². The van der Waals surface area contributed by atoms with Crippen LogP contribution in [0.2, 0.25) is 0 Å². The van der Waals surface area contributed by atoms with E-state index in [1.54, 1.807) is 0 Å². The molecule has 0 N–H and O–H groups in total. The van der Waals surface area contributed by atoms with Gasteiger partial charge in [-0.1, -0.05) is 182 Å². The summed E-state index contributed by atoms with van der Waals surface area (Å²) in [5, 5.41) is 0. The van der Waals surface area contributed by atoms with E-state index in [1.165, 1.54) is 38.5 Å². The van der Waals surface area contributed by atoms with Gasteiger partial charge in [-0.05, 0) is 96.3 Å². The molecule has 334 valence electrons. The summed E-state index contributed by atoms with van der Waals surface area (Å²) in [4.78, 5) is 37.5. The molecule has 0 amide bonds. The van der Waals surface area contributed by atoms with Crippen molar-refractivity contribution in [1.29, 1.82) is 0 Å². The van der Waals surface area contributed by atoms with Crippen LogP contribution in [0.3, 0.4) is 0 Å². The van der Waals surface area contributed by atoms with Crippen molar-refractivity contribution in [3.05, 3.63) is 97.2 Å². The predicted octanol–water partition coefficient (Wildman–Crippen LogP) is 15.4. The minimum atomic E-state index is -0.800. The van der Waals surface area contributed by atoms with Crippen molar-refractivity contribution in [2.45, 2.75) is 207 Å². The molecule has 0 aromatic rings. The zero-order valence-corrected chi connectivity index (χ0v) is 38.0. The maximum Gasteiger partial charge on any atom is 0.306 e. The summed E-state index contributed by atoms with van der Waals surface area (Å²) in [5.41, 5.74) is 0. The molecule has 0 aliphatic carbocycles. The highest BCUT2D eigenvalue weighted by atomic mass is 16.6.